The first-order valence-electron chi connectivity index (χ1n) is 6.09. The van der Waals surface area contributed by atoms with Crippen LogP contribution in [0, 0.1) is 13.8 Å². The van der Waals surface area contributed by atoms with E-state index in [-0.39, 0.29) is 0 Å². The van der Waals surface area contributed by atoms with Gasteiger partial charge in [0.05, 0.1) is 25.6 Å². The number of hydrogen-bond acceptors (Lipinski definition) is 4. The summed E-state index contributed by atoms with van der Waals surface area (Å²) in [6.07, 6.45) is 0. The summed E-state index contributed by atoms with van der Waals surface area (Å²) in [6.45, 7) is 4.48. The average molecular weight is 261 g/mol. The van der Waals surface area contributed by atoms with Crippen LogP contribution in [0.5, 0.6) is 11.5 Å². The zero-order chi connectivity index (χ0) is 14.0. The van der Waals surface area contributed by atoms with E-state index in [1.165, 1.54) is 0 Å². The molecule has 102 valence electrons. The second-order valence-corrected chi connectivity index (χ2v) is 4.40. The molecule has 0 fully saturated rings. The second kappa shape index (κ2) is 5.32. The maximum atomic E-state index is 5.67. The number of H-pyrrole nitrogens is 1. The van der Waals surface area contributed by atoms with Crippen LogP contribution in [-0.4, -0.2) is 24.4 Å². The van der Waals surface area contributed by atoms with Crippen molar-refractivity contribution in [3.63, 3.8) is 0 Å². The number of aromatic amines is 1. The van der Waals surface area contributed by atoms with Crippen molar-refractivity contribution in [3.05, 3.63) is 29.0 Å². The Labute approximate surface area is 112 Å². The Morgan fingerprint density at radius 3 is 2.32 bits per heavy atom. The fourth-order valence-electron chi connectivity index (χ4n) is 2.13. The molecule has 0 saturated heterocycles. The molecule has 0 aliphatic rings. The first-order chi connectivity index (χ1) is 9.12. The summed E-state index contributed by atoms with van der Waals surface area (Å²) in [4.78, 5) is 0. The number of rotatable bonds is 4. The Kier molecular flexibility index (Phi) is 3.76. The van der Waals surface area contributed by atoms with E-state index in [0.717, 1.165) is 33.8 Å². The molecule has 2 aromatic rings. The van der Waals surface area contributed by atoms with Crippen LogP contribution in [0.3, 0.4) is 0 Å². The van der Waals surface area contributed by atoms with Gasteiger partial charge in [-0.15, -0.1) is 0 Å². The highest BCUT2D eigenvalue weighted by atomic mass is 16.5. The zero-order valence-electron chi connectivity index (χ0n) is 11.7. The number of methoxy groups -OCH3 is 2. The van der Waals surface area contributed by atoms with Crippen LogP contribution < -0.4 is 15.2 Å². The molecule has 0 saturated carbocycles. The summed E-state index contributed by atoms with van der Waals surface area (Å²) in [7, 11) is 3.25. The van der Waals surface area contributed by atoms with Crippen molar-refractivity contribution in [2.45, 2.75) is 20.4 Å². The quantitative estimate of drug-likeness (QED) is 0.884. The minimum atomic E-state index is 0.450. The van der Waals surface area contributed by atoms with Crippen molar-refractivity contribution < 1.29 is 9.47 Å². The van der Waals surface area contributed by atoms with Crippen molar-refractivity contribution >= 4 is 0 Å². The fourth-order valence-corrected chi connectivity index (χ4v) is 2.13. The van der Waals surface area contributed by atoms with E-state index in [4.69, 9.17) is 15.2 Å². The lowest BCUT2D eigenvalue weighted by atomic mass is 10.0. The third kappa shape index (κ3) is 2.29. The molecule has 19 heavy (non-hydrogen) atoms. The van der Waals surface area contributed by atoms with Crippen molar-refractivity contribution in [3.8, 4) is 22.8 Å². The highest BCUT2D eigenvalue weighted by Crippen LogP contribution is 2.36. The summed E-state index contributed by atoms with van der Waals surface area (Å²) < 4.78 is 10.6. The Bertz CT molecular complexity index is 591. The van der Waals surface area contributed by atoms with Gasteiger partial charge in [0, 0.05) is 12.1 Å². The average Bonchev–Trinajstić information content (AvgIpc) is 2.79. The zero-order valence-corrected chi connectivity index (χ0v) is 11.7. The van der Waals surface area contributed by atoms with Crippen molar-refractivity contribution in [1.29, 1.82) is 0 Å². The molecule has 5 heteroatoms. The maximum Gasteiger partial charge on any atom is 0.161 e. The SMILES string of the molecule is COc1cc(C)c(-c2n[nH]c(CN)c2C)cc1OC. The molecule has 0 aliphatic heterocycles. The predicted molar refractivity (Wildman–Crippen MR) is 74.5 cm³/mol. The van der Waals surface area contributed by atoms with Crippen LogP contribution in [0.2, 0.25) is 0 Å². The molecular weight excluding hydrogens is 242 g/mol. The Morgan fingerprint density at radius 2 is 1.79 bits per heavy atom. The van der Waals surface area contributed by atoms with Gasteiger partial charge in [0.2, 0.25) is 0 Å². The van der Waals surface area contributed by atoms with Gasteiger partial charge in [0.15, 0.2) is 11.5 Å². The number of hydrogen-bond donors (Lipinski definition) is 2. The van der Waals surface area contributed by atoms with Gasteiger partial charge in [0.1, 0.15) is 0 Å². The minimum Gasteiger partial charge on any atom is -0.493 e. The standard InChI is InChI=1S/C14H19N3O2/c1-8-5-12(18-3)13(19-4)6-10(8)14-9(2)11(7-15)16-17-14/h5-6H,7,15H2,1-4H3,(H,16,17). The number of aryl methyl sites for hydroxylation is 1. The number of aromatic nitrogens is 2. The van der Waals surface area contributed by atoms with E-state index in [1.54, 1.807) is 14.2 Å². The van der Waals surface area contributed by atoms with Gasteiger partial charge in [-0.25, -0.2) is 0 Å². The van der Waals surface area contributed by atoms with Gasteiger partial charge in [0.25, 0.3) is 0 Å². The van der Waals surface area contributed by atoms with Gasteiger partial charge in [-0.2, -0.15) is 5.10 Å². The molecule has 1 aromatic carbocycles. The topological polar surface area (TPSA) is 73.2 Å². The smallest absolute Gasteiger partial charge is 0.161 e. The van der Waals surface area contributed by atoms with Gasteiger partial charge in [-0.05, 0) is 37.1 Å². The summed E-state index contributed by atoms with van der Waals surface area (Å²) in [5, 5.41) is 7.32. The molecule has 0 spiro atoms. The molecular formula is C14H19N3O2. The van der Waals surface area contributed by atoms with Crippen LogP contribution in [-0.2, 0) is 6.54 Å². The van der Waals surface area contributed by atoms with E-state index in [1.807, 2.05) is 26.0 Å². The summed E-state index contributed by atoms with van der Waals surface area (Å²) in [5.74, 6) is 1.41. The van der Waals surface area contributed by atoms with Crippen LogP contribution >= 0.6 is 0 Å². The lowest BCUT2D eigenvalue weighted by molar-refractivity contribution is 0.355. The van der Waals surface area contributed by atoms with Gasteiger partial charge in [-0.3, -0.25) is 5.10 Å². The molecule has 3 N–H and O–H groups in total. The van der Waals surface area contributed by atoms with Crippen LogP contribution in [0.15, 0.2) is 12.1 Å². The molecule has 0 bridgehead atoms. The lowest BCUT2D eigenvalue weighted by Crippen LogP contribution is -1.98. The van der Waals surface area contributed by atoms with Crippen molar-refractivity contribution in [2.75, 3.05) is 14.2 Å². The van der Waals surface area contributed by atoms with Gasteiger partial charge in [-0.1, -0.05) is 0 Å². The Balaban J connectivity index is 2.58. The first kappa shape index (κ1) is 13.4. The molecule has 1 aromatic heterocycles. The number of nitrogens with two attached hydrogens (primary N) is 1. The second-order valence-electron chi connectivity index (χ2n) is 4.40. The summed E-state index contributed by atoms with van der Waals surface area (Å²) >= 11 is 0. The molecule has 0 radical (unpaired) electrons. The highest BCUT2D eigenvalue weighted by molar-refractivity contribution is 5.71. The number of ether oxygens (including phenoxy) is 2. The summed E-state index contributed by atoms with van der Waals surface area (Å²) in [5.41, 5.74) is 10.7. The molecule has 0 aliphatic carbocycles. The van der Waals surface area contributed by atoms with E-state index in [2.05, 4.69) is 10.2 Å². The highest BCUT2D eigenvalue weighted by Gasteiger charge is 2.15. The fraction of sp³-hybridized carbons (Fsp3) is 0.357. The van der Waals surface area contributed by atoms with Gasteiger partial charge >= 0.3 is 0 Å². The number of nitrogens with one attached hydrogen (secondary N) is 1. The Morgan fingerprint density at radius 1 is 1.16 bits per heavy atom. The van der Waals surface area contributed by atoms with E-state index < -0.39 is 0 Å². The van der Waals surface area contributed by atoms with Crippen LogP contribution in [0.1, 0.15) is 16.8 Å². The number of nitrogens with zero attached hydrogens (tertiary/aromatic N) is 1. The molecule has 0 amide bonds. The molecule has 0 unspecified atom stereocenters. The molecule has 2 rings (SSSR count). The predicted octanol–water partition coefficient (Wildman–Crippen LogP) is 2.17. The lowest BCUT2D eigenvalue weighted by Gasteiger charge is -2.12. The third-order valence-corrected chi connectivity index (χ3v) is 3.30. The van der Waals surface area contributed by atoms with E-state index in [9.17, 15) is 0 Å². The van der Waals surface area contributed by atoms with Gasteiger partial charge < -0.3 is 15.2 Å². The maximum absolute atomic E-state index is 5.67. The third-order valence-electron chi connectivity index (χ3n) is 3.30. The van der Waals surface area contributed by atoms with Crippen LogP contribution in [0.4, 0.5) is 0 Å². The van der Waals surface area contributed by atoms with Crippen LogP contribution in [0.25, 0.3) is 11.3 Å². The minimum absolute atomic E-state index is 0.450. The first-order valence-corrected chi connectivity index (χ1v) is 6.09. The molecule has 1 heterocycles. The monoisotopic (exact) mass is 261 g/mol. The Hall–Kier alpha value is -2.01. The largest absolute Gasteiger partial charge is 0.493 e. The van der Waals surface area contributed by atoms with E-state index in [0.29, 0.717) is 12.3 Å². The number of benzene rings is 1. The molecule has 5 nitrogen and oxygen atoms in total. The van der Waals surface area contributed by atoms with Crippen molar-refractivity contribution in [2.24, 2.45) is 5.73 Å². The van der Waals surface area contributed by atoms with Crippen molar-refractivity contribution in [1.82, 2.24) is 10.2 Å². The van der Waals surface area contributed by atoms with E-state index >= 15 is 0 Å². The summed E-state index contributed by atoms with van der Waals surface area (Å²) in [6, 6.07) is 3.89. The normalized spacial score (nSPS) is 10.6. The molecule has 0 atom stereocenters.